The number of carbonyl (C=O) groups is 1. The van der Waals surface area contributed by atoms with Gasteiger partial charge in [0.15, 0.2) is 11.6 Å². The normalized spacial score (nSPS) is 15.4. The highest BCUT2D eigenvalue weighted by atomic mass is 19.1. The number of fused-ring (bicyclic) bond motifs is 2. The number of anilines is 3. The van der Waals surface area contributed by atoms with Crippen molar-refractivity contribution >= 4 is 45.4 Å². The largest absolute Gasteiger partial charge is 0.457 e. The smallest absolute Gasteiger partial charge is 0.243 e. The lowest BCUT2D eigenvalue weighted by molar-refractivity contribution is -0.117. The molecule has 1 atom stereocenters. The van der Waals surface area contributed by atoms with Gasteiger partial charge in [-0.2, -0.15) is 0 Å². The summed E-state index contributed by atoms with van der Waals surface area (Å²) in [5, 5.41) is 14.2. The Hall–Kier alpha value is -5.20. The highest BCUT2D eigenvalue weighted by Crippen LogP contribution is 2.33. The number of amides is 1. The van der Waals surface area contributed by atoms with E-state index in [4.69, 9.17) is 9.72 Å². The molecule has 214 valence electrons. The van der Waals surface area contributed by atoms with Crippen LogP contribution >= 0.6 is 0 Å². The Morgan fingerprint density at radius 1 is 1.17 bits per heavy atom. The van der Waals surface area contributed by atoms with Crippen LogP contribution in [0.1, 0.15) is 24.8 Å². The van der Waals surface area contributed by atoms with Gasteiger partial charge in [-0.25, -0.2) is 29.0 Å². The molecule has 0 saturated carbocycles. The van der Waals surface area contributed by atoms with Gasteiger partial charge in [-0.3, -0.25) is 4.79 Å². The minimum atomic E-state index is -0.484. The molecule has 0 bridgehead atoms. The van der Waals surface area contributed by atoms with Gasteiger partial charge in [0.25, 0.3) is 0 Å². The summed E-state index contributed by atoms with van der Waals surface area (Å²) >= 11 is 0. The molecule has 4 heterocycles. The molecule has 2 N–H and O–H groups in total. The fourth-order valence-corrected chi connectivity index (χ4v) is 5.00. The average Bonchev–Trinajstić information content (AvgIpc) is 3.21. The monoisotopic (exact) mass is 568 g/mol. The number of halogens is 1. The van der Waals surface area contributed by atoms with E-state index in [-0.39, 0.29) is 17.6 Å². The number of hydrogen-bond donors (Lipinski definition) is 2. The Labute approximate surface area is 240 Å². The van der Waals surface area contributed by atoms with Gasteiger partial charge in [-0.1, -0.05) is 11.8 Å². The number of ether oxygens (including phenoxy) is 1. The number of hydrogen-bond acceptors (Lipinski definition) is 10. The second-order valence-corrected chi connectivity index (χ2v) is 10.1. The number of carbonyl (C=O) groups excluding carboxylic acids is 1. The Morgan fingerprint density at radius 2 is 2.05 bits per heavy atom. The maximum absolute atomic E-state index is 15.6. The number of aryl methyl sites for hydroxylation is 1. The topological polar surface area (TPSA) is 136 Å². The van der Waals surface area contributed by atoms with Gasteiger partial charge in [0, 0.05) is 37.8 Å². The number of nitrogens with one attached hydrogen (secondary N) is 2. The van der Waals surface area contributed by atoms with Gasteiger partial charge in [0.05, 0.1) is 17.4 Å². The van der Waals surface area contributed by atoms with Crippen molar-refractivity contribution in [2.75, 3.05) is 23.3 Å². The van der Waals surface area contributed by atoms with E-state index < -0.39 is 5.82 Å². The molecule has 0 spiro atoms. The lowest BCUT2D eigenvalue weighted by Gasteiger charge is -2.25. The van der Waals surface area contributed by atoms with E-state index in [2.05, 4.69) is 42.5 Å². The van der Waals surface area contributed by atoms with E-state index in [1.165, 1.54) is 12.4 Å². The summed E-state index contributed by atoms with van der Waals surface area (Å²) in [5.74, 6) is 1.04. The first-order valence-electron chi connectivity index (χ1n) is 13.6. The van der Waals surface area contributed by atoms with Crippen molar-refractivity contribution < 1.29 is 13.9 Å². The Morgan fingerprint density at radius 3 is 2.90 bits per heavy atom. The van der Waals surface area contributed by atoms with Gasteiger partial charge in [0.2, 0.25) is 11.9 Å². The highest BCUT2D eigenvalue weighted by molar-refractivity contribution is 5.88. The van der Waals surface area contributed by atoms with E-state index in [9.17, 15) is 4.79 Å². The summed E-state index contributed by atoms with van der Waals surface area (Å²) in [6.07, 6.45) is 7.03. The third-order valence-electron chi connectivity index (χ3n) is 7.25. The zero-order valence-electron chi connectivity index (χ0n) is 23.2. The van der Waals surface area contributed by atoms with E-state index >= 15 is 4.39 Å². The van der Waals surface area contributed by atoms with Crippen molar-refractivity contribution in [2.45, 2.75) is 32.2 Å². The predicted octanol–water partition coefficient (Wildman–Crippen LogP) is 4.35. The van der Waals surface area contributed by atoms with Gasteiger partial charge in [0.1, 0.15) is 34.4 Å². The van der Waals surface area contributed by atoms with Crippen LogP contribution in [-0.2, 0) is 11.8 Å². The lowest BCUT2D eigenvalue weighted by Crippen LogP contribution is -2.42. The van der Waals surface area contributed by atoms with Crippen molar-refractivity contribution in [1.29, 1.82) is 0 Å². The van der Waals surface area contributed by atoms with Crippen LogP contribution in [0.15, 0.2) is 55.5 Å². The molecule has 0 unspecified atom stereocenters. The van der Waals surface area contributed by atoms with E-state index in [0.717, 1.165) is 31.3 Å². The second kappa shape index (κ2) is 11.4. The number of rotatable bonds is 7. The average molecular weight is 569 g/mol. The van der Waals surface area contributed by atoms with Crippen molar-refractivity contribution in [1.82, 2.24) is 40.2 Å². The third kappa shape index (κ3) is 5.40. The first kappa shape index (κ1) is 27.0. The van der Waals surface area contributed by atoms with Crippen molar-refractivity contribution in [3.8, 4) is 11.5 Å². The molecule has 12 nitrogen and oxygen atoms in total. The molecule has 1 aliphatic rings. The van der Waals surface area contributed by atoms with Crippen LogP contribution < -0.4 is 20.3 Å². The summed E-state index contributed by atoms with van der Waals surface area (Å²) in [6, 6.07) is 8.64. The fourth-order valence-electron chi connectivity index (χ4n) is 5.00. The summed E-state index contributed by atoms with van der Waals surface area (Å²) in [6.45, 7) is 6.48. The first-order valence-corrected chi connectivity index (χ1v) is 13.6. The van der Waals surface area contributed by atoms with Crippen molar-refractivity contribution in [3.63, 3.8) is 0 Å². The standard InChI is InChI=1S/C29H29FN10O2/c1-4-25(41)34-18-7-5-6-12-40(15-18)29-31-14-22-27(36-29)28(33-16-32-22)35-20-9-11-24(17(2)26(20)30)42-19-8-10-23-21(13-19)37-38-39(23)3/h4,8-11,13-14,16,18H,1,5-7,12,15H2,2-3H3,(H,34,41)(H,32,33,35)/t18-/m0/s1. The third-order valence-corrected chi connectivity index (χ3v) is 7.25. The minimum Gasteiger partial charge on any atom is -0.457 e. The first-order chi connectivity index (χ1) is 20.4. The molecule has 13 heteroatoms. The molecule has 1 aliphatic heterocycles. The maximum atomic E-state index is 15.6. The predicted molar refractivity (Wildman–Crippen MR) is 156 cm³/mol. The molecule has 42 heavy (non-hydrogen) atoms. The SMILES string of the molecule is C=CC(=O)N[C@H]1CCCCN(c2ncc3ncnc(Nc4ccc(Oc5ccc6c(c5)nnn6C)c(C)c4F)c3n2)C1. The van der Waals surface area contributed by atoms with Crippen LogP contribution in [0.2, 0.25) is 0 Å². The molecule has 6 rings (SSSR count). The molecule has 1 fully saturated rings. The van der Waals surface area contributed by atoms with Crippen LogP contribution in [0.4, 0.5) is 21.8 Å². The molecular weight excluding hydrogens is 539 g/mol. The molecule has 1 saturated heterocycles. The van der Waals surface area contributed by atoms with Crippen LogP contribution in [0, 0.1) is 12.7 Å². The van der Waals surface area contributed by atoms with E-state index in [1.54, 1.807) is 42.1 Å². The summed E-state index contributed by atoms with van der Waals surface area (Å²) in [7, 11) is 1.81. The summed E-state index contributed by atoms with van der Waals surface area (Å²) in [4.78, 5) is 31.8. The quantitative estimate of drug-likeness (QED) is 0.273. The Bertz CT molecular complexity index is 1810. The lowest BCUT2D eigenvalue weighted by atomic mass is 10.1. The Kier molecular flexibility index (Phi) is 7.30. The van der Waals surface area contributed by atoms with Crippen LogP contribution in [0.25, 0.3) is 22.1 Å². The van der Waals surface area contributed by atoms with Gasteiger partial charge in [-0.05, 0) is 56.5 Å². The molecular formula is C29H29FN10O2. The number of benzene rings is 2. The van der Waals surface area contributed by atoms with Gasteiger partial charge >= 0.3 is 0 Å². The molecule has 3 aromatic heterocycles. The van der Waals surface area contributed by atoms with E-state index in [1.807, 2.05) is 18.0 Å². The van der Waals surface area contributed by atoms with Crippen molar-refractivity contribution in [2.24, 2.45) is 7.05 Å². The molecule has 5 aromatic rings. The van der Waals surface area contributed by atoms with Gasteiger partial charge < -0.3 is 20.3 Å². The van der Waals surface area contributed by atoms with Crippen molar-refractivity contribution in [3.05, 3.63) is 66.9 Å². The minimum absolute atomic E-state index is 0.0535. The van der Waals surface area contributed by atoms with Crippen LogP contribution in [0.5, 0.6) is 11.5 Å². The van der Waals surface area contributed by atoms with Crippen LogP contribution in [-0.4, -0.2) is 60.0 Å². The number of aromatic nitrogens is 7. The zero-order chi connectivity index (χ0) is 29.2. The Balaban J connectivity index is 1.25. The fraction of sp³-hybridized carbons (Fsp3) is 0.276. The van der Waals surface area contributed by atoms with E-state index in [0.29, 0.717) is 51.9 Å². The summed E-state index contributed by atoms with van der Waals surface area (Å²) in [5.41, 5.74) is 3.05. The second-order valence-electron chi connectivity index (χ2n) is 10.1. The zero-order valence-corrected chi connectivity index (χ0v) is 23.2. The number of nitrogens with zero attached hydrogens (tertiary/aromatic N) is 8. The molecule has 0 aliphatic carbocycles. The molecule has 2 aromatic carbocycles. The van der Waals surface area contributed by atoms with Crippen LogP contribution in [0.3, 0.4) is 0 Å². The molecule has 0 radical (unpaired) electrons. The van der Waals surface area contributed by atoms with Gasteiger partial charge in [-0.15, -0.1) is 5.10 Å². The maximum Gasteiger partial charge on any atom is 0.243 e. The summed E-state index contributed by atoms with van der Waals surface area (Å²) < 4.78 is 23.3. The molecule has 1 amide bonds. The highest BCUT2D eigenvalue weighted by Gasteiger charge is 2.22.